The Hall–Kier alpha value is 1.24. The first-order valence-corrected chi connectivity index (χ1v) is 1.68. The maximum atomic E-state index is 8.50. The molecule has 0 aromatic rings. The third-order valence-corrected chi connectivity index (χ3v) is 0. The molecule has 2 nitrogen and oxygen atoms in total. The van der Waals surface area contributed by atoms with Crippen LogP contribution in [0.3, 0.4) is 0 Å². The van der Waals surface area contributed by atoms with Crippen LogP contribution in [0.2, 0.25) is 0 Å². The Labute approximate surface area is 52.7 Å². The van der Waals surface area contributed by atoms with Gasteiger partial charge in [0.15, 0.2) is 0 Å². The molecule has 19 valence electrons. The van der Waals surface area contributed by atoms with Crippen LogP contribution in [0.1, 0.15) is 0 Å². The molecular weight excluding hydrogens is 284 g/mol. The summed E-state index contributed by atoms with van der Waals surface area (Å²) in [5.41, 5.74) is 0. The van der Waals surface area contributed by atoms with Gasteiger partial charge in [0.2, 0.25) is 0 Å². The molecule has 0 aliphatic carbocycles. The molecule has 0 heterocycles. The summed E-state index contributed by atoms with van der Waals surface area (Å²) in [5, 5.41) is 0. The smallest absolute Gasteiger partial charge is 0 e. The van der Waals surface area contributed by atoms with Crippen LogP contribution in [0.25, 0.3) is 0 Å². The molecule has 0 aromatic heterocycles. The molecule has 0 aliphatic rings. The van der Waals surface area contributed by atoms with E-state index in [2.05, 4.69) is 0 Å². The van der Waals surface area contributed by atoms with Gasteiger partial charge < -0.3 is 0 Å². The van der Waals surface area contributed by atoms with Gasteiger partial charge in [0.1, 0.15) is 0 Å². The van der Waals surface area contributed by atoms with Crippen molar-refractivity contribution in [3.63, 3.8) is 0 Å². The Balaban J connectivity index is 0. The van der Waals surface area contributed by atoms with E-state index in [1.807, 2.05) is 0 Å². The SMILES string of the molecule is [O]=[Ti]=[O].[Tl]. The van der Waals surface area contributed by atoms with Gasteiger partial charge in [0, 0.05) is 27.3 Å². The zero-order valence-electron chi connectivity index (χ0n) is 1.89. The average molecular weight is 284 g/mol. The van der Waals surface area contributed by atoms with Crippen molar-refractivity contribution < 1.29 is 25.7 Å². The molecule has 0 spiro atoms. The summed E-state index contributed by atoms with van der Waals surface area (Å²) in [5.74, 6) is 0. The summed E-state index contributed by atoms with van der Waals surface area (Å²) in [7, 11) is 0. The molecule has 0 saturated carbocycles. The van der Waals surface area contributed by atoms with Crippen LogP contribution in [0, 0.1) is 0 Å². The van der Waals surface area contributed by atoms with Crippen molar-refractivity contribution in [1.82, 2.24) is 0 Å². The minimum Gasteiger partial charge on any atom is 0 e. The molecular formula is O2TiTl. The summed E-state index contributed by atoms with van der Waals surface area (Å²) in [6.07, 6.45) is 0. The maximum Gasteiger partial charge on any atom is 0 e. The van der Waals surface area contributed by atoms with E-state index in [0.29, 0.717) is 0 Å². The Kier molecular flexibility index (Phi) is 19.9. The first-order valence-electron chi connectivity index (χ1n) is 0.408. The largest absolute Gasteiger partial charge is 0 e. The summed E-state index contributed by atoms with van der Waals surface area (Å²) in [6, 6.07) is 0. The summed E-state index contributed by atoms with van der Waals surface area (Å²) < 4.78 is 17.0. The van der Waals surface area contributed by atoms with Gasteiger partial charge in [0.05, 0.1) is 0 Å². The number of rotatable bonds is 0. The van der Waals surface area contributed by atoms with E-state index in [4.69, 9.17) is 6.65 Å². The zero-order chi connectivity index (χ0) is 2.71. The number of hydrogen-bond acceptors (Lipinski definition) is 2. The molecule has 0 aromatic carbocycles. The van der Waals surface area contributed by atoms with E-state index >= 15 is 0 Å². The maximum absolute atomic E-state index is 8.50. The second kappa shape index (κ2) is 8.87. The van der Waals surface area contributed by atoms with Crippen molar-refractivity contribution in [1.29, 1.82) is 0 Å². The Morgan fingerprint density at radius 3 is 1.25 bits per heavy atom. The second-order valence-electron chi connectivity index (χ2n) is 0.0833. The van der Waals surface area contributed by atoms with E-state index in [1.165, 1.54) is 0 Å². The van der Waals surface area contributed by atoms with Crippen LogP contribution in [-0.2, 0) is 25.7 Å². The molecule has 0 atom stereocenters. The normalized spacial score (nSPS) is 2.00. The molecule has 0 amide bonds. The van der Waals surface area contributed by atoms with Gasteiger partial charge in [-0.15, -0.1) is 0 Å². The molecule has 0 N–H and O–H groups in total. The van der Waals surface area contributed by atoms with E-state index in [-0.39, 0.29) is 27.3 Å². The van der Waals surface area contributed by atoms with Gasteiger partial charge in [-0.25, -0.2) is 0 Å². The van der Waals surface area contributed by atoms with Crippen molar-refractivity contribution >= 4 is 27.3 Å². The molecule has 0 fully saturated rings. The Morgan fingerprint density at radius 1 is 1.25 bits per heavy atom. The van der Waals surface area contributed by atoms with Gasteiger partial charge in [-0.3, -0.25) is 0 Å². The van der Waals surface area contributed by atoms with Crippen molar-refractivity contribution in [3.05, 3.63) is 0 Å². The molecule has 0 bridgehead atoms. The number of hydrogen-bond donors (Lipinski definition) is 0. The molecule has 1 radical (unpaired) electrons. The standard InChI is InChI=1S/2O.Ti.Tl. The van der Waals surface area contributed by atoms with Gasteiger partial charge in [-0.05, 0) is 0 Å². The predicted octanol–water partition coefficient (Wildman–Crippen LogP) is -0.621. The zero-order valence-corrected chi connectivity index (χ0v) is 7.94. The van der Waals surface area contributed by atoms with Crippen LogP contribution >= 0.6 is 0 Å². The first-order chi connectivity index (χ1) is 1.41. The fourth-order valence-electron chi connectivity index (χ4n) is 0. The van der Waals surface area contributed by atoms with Crippen molar-refractivity contribution in [2.75, 3.05) is 0 Å². The molecule has 0 aliphatic heterocycles. The van der Waals surface area contributed by atoms with Crippen LogP contribution in [0.5, 0.6) is 0 Å². The molecule has 0 saturated heterocycles. The van der Waals surface area contributed by atoms with Gasteiger partial charge in [0.25, 0.3) is 0 Å². The van der Waals surface area contributed by atoms with Crippen molar-refractivity contribution in [2.24, 2.45) is 0 Å². The van der Waals surface area contributed by atoms with Crippen molar-refractivity contribution in [2.45, 2.75) is 0 Å². The Bertz CT molecular complexity index is 27.0. The van der Waals surface area contributed by atoms with Crippen LogP contribution in [0.4, 0.5) is 0 Å². The summed E-state index contributed by atoms with van der Waals surface area (Å²) in [6.45, 7) is 0. The summed E-state index contributed by atoms with van der Waals surface area (Å²) >= 11 is -2.00. The van der Waals surface area contributed by atoms with Gasteiger partial charge in [-0.1, -0.05) is 0 Å². The fourth-order valence-corrected chi connectivity index (χ4v) is 0. The van der Waals surface area contributed by atoms with Crippen LogP contribution in [-0.4, -0.2) is 27.3 Å². The monoisotopic (exact) mass is 285 g/mol. The molecule has 4 heteroatoms. The van der Waals surface area contributed by atoms with Gasteiger partial charge in [-0.2, -0.15) is 0 Å². The quantitative estimate of drug-likeness (QED) is 0.556. The van der Waals surface area contributed by atoms with E-state index < -0.39 is 19.1 Å². The van der Waals surface area contributed by atoms with Crippen molar-refractivity contribution in [3.8, 4) is 0 Å². The average Bonchev–Trinajstić information content (AvgIpc) is 0.918. The predicted molar refractivity (Wildman–Crippen MR) is 7.13 cm³/mol. The minimum absolute atomic E-state index is 0. The molecule has 0 rings (SSSR count). The van der Waals surface area contributed by atoms with Crippen LogP contribution in [0.15, 0.2) is 0 Å². The topological polar surface area (TPSA) is 34.1 Å². The van der Waals surface area contributed by atoms with E-state index in [9.17, 15) is 0 Å². The second-order valence-corrected chi connectivity index (χ2v) is 0.344. The first kappa shape index (κ1) is 8.97. The van der Waals surface area contributed by atoms with E-state index in [1.54, 1.807) is 0 Å². The Morgan fingerprint density at radius 2 is 1.25 bits per heavy atom. The minimum atomic E-state index is -2.00. The molecule has 0 unspecified atom stereocenters. The molecule has 4 heavy (non-hydrogen) atoms. The third kappa shape index (κ3) is 10.6. The third-order valence-electron chi connectivity index (χ3n) is 0. The summed E-state index contributed by atoms with van der Waals surface area (Å²) in [4.78, 5) is 0. The van der Waals surface area contributed by atoms with Crippen LogP contribution < -0.4 is 0 Å². The fraction of sp³-hybridized carbons (Fsp3) is 0. The van der Waals surface area contributed by atoms with E-state index in [0.717, 1.165) is 0 Å². The van der Waals surface area contributed by atoms with Gasteiger partial charge >= 0.3 is 25.7 Å².